The second kappa shape index (κ2) is 8.44. The predicted molar refractivity (Wildman–Crippen MR) is 126 cm³/mol. The molecule has 4 fully saturated rings. The Morgan fingerprint density at radius 2 is 1.71 bits per heavy atom. The summed E-state index contributed by atoms with van der Waals surface area (Å²) >= 11 is 0. The monoisotopic (exact) mass is 432 g/mol. The van der Waals surface area contributed by atoms with Crippen LogP contribution in [0.4, 0.5) is 0 Å². The Balaban J connectivity index is 1.54. The van der Waals surface area contributed by atoms with Crippen LogP contribution < -0.4 is 0 Å². The maximum atomic E-state index is 11.6. The Hall–Kier alpha value is -0.380. The molecule has 0 bridgehead atoms. The third kappa shape index (κ3) is 3.75. The van der Waals surface area contributed by atoms with Gasteiger partial charge in [0.2, 0.25) is 0 Å². The average molecular weight is 433 g/mol. The number of rotatable bonds is 5. The second-order valence-corrected chi connectivity index (χ2v) is 12.9. The van der Waals surface area contributed by atoms with Gasteiger partial charge in [-0.05, 0) is 105 Å². The summed E-state index contributed by atoms with van der Waals surface area (Å²) in [6.45, 7) is 15.9. The van der Waals surface area contributed by atoms with E-state index in [1.165, 1.54) is 24.8 Å². The fraction of sp³-hybridized carbons (Fsp3) is 0.929. The molecule has 0 saturated heterocycles. The molecule has 0 aromatic carbocycles. The lowest BCUT2D eigenvalue weighted by atomic mass is 9.43. The lowest BCUT2D eigenvalue weighted by Gasteiger charge is -2.63. The van der Waals surface area contributed by atoms with E-state index >= 15 is 0 Å². The van der Waals surface area contributed by atoms with Gasteiger partial charge >= 0.3 is 0 Å². The number of fused-ring (bicyclic) bond motifs is 5. The molecule has 4 rings (SSSR count). The maximum absolute atomic E-state index is 11.6. The van der Waals surface area contributed by atoms with Gasteiger partial charge in [0, 0.05) is 5.41 Å². The topological polar surface area (TPSA) is 60.7 Å². The van der Waals surface area contributed by atoms with Crippen molar-refractivity contribution in [1.29, 1.82) is 0 Å². The van der Waals surface area contributed by atoms with E-state index in [2.05, 4.69) is 41.2 Å². The zero-order valence-electron chi connectivity index (χ0n) is 20.7. The molecular formula is C28H48O3. The van der Waals surface area contributed by atoms with Crippen LogP contribution in [0.2, 0.25) is 0 Å². The lowest BCUT2D eigenvalue weighted by molar-refractivity contribution is -0.216. The molecule has 3 heteroatoms. The van der Waals surface area contributed by atoms with Crippen LogP contribution in [-0.2, 0) is 0 Å². The van der Waals surface area contributed by atoms with Crippen LogP contribution in [0.1, 0.15) is 92.4 Å². The minimum atomic E-state index is -0.494. The fourth-order valence-corrected chi connectivity index (χ4v) is 9.29. The summed E-state index contributed by atoms with van der Waals surface area (Å²) in [7, 11) is 0. The molecule has 4 aliphatic carbocycles. The zero-order chi connectivity index (χ0) is 22.7. The molecule has 3 unspecified atom stereocenters. The van der Waals surface area contributed by atoms with Gasteiger partial charge in [0.1, 0.15) is 0 Å². The standard InChI is InChI=1S/C28H48O3/c1-16(2)17(3)7-8-18(4)22-11-12-23-21-10-9-19-13-20(29)14-25(31)28(19,6)26(21)24(30)15-27(22,23)5/h16,18-26,29-31H,3,7-15H2,1-2,4-6H3/t18-,19+,20-,21?,22-,23?,24-,25+,26?,27-,28-/m1/s1. The molecule has 31 heavy (non-hydrogen) atoms. The Kier molecular flexibility index (Phi) is 6.47. The smallest absolute Gasteiger partial charge is 0.0624 e. The fourth-order valence-electron chi connectivity index (χ4n) is 9.29. The summed E-state index contributed by atoms with van der Waals surface area (Å²) in [5.41, 5.74) is 1.33. The Labute approximate surface area is 190 Å². The summed E-state index contributed by atoms with van der Waals surface area (Å²) in [6.07, 6.45) is 8.11. The molecule has 0 aromatic heterocycles. The summed E-state index contributed by atoms with van der Waals surface area (Å²) in [6, 6.07) is 0. The molecule has 3 N–H and O–H groups in total. The summed E-state index contributed by atoms with van der Waals surface area (Å²) in [5, 5.41) is 33.0. The molecule has 0 aromatic rings. The first-order valence-corrected chi connectivity index (χ1v) is 13.2. The van der Waals surface area contributed by atoms with Crippen LogP contribution >= 0.6 is 0 Å². The Bertz CT molecular complexity index is 673. The lowest BCUT2D eigenvalue weighted by Crippen LogP contribution is -2.63. The number of allylic oxidation sites excluding steroid dienone is 1. The molecule has 0 aliphatic heterocycles. The van der Waals surface area contributed by atoms with Crippen LogP contribution in [0.5, 0.6) is 0 Å². The zero-order valence-corrected chi connectivity index (χ0v) is 20.7. The van der Waals surface area contributed by atoms with Crippen LogP contribution in [0, 0.1) is 52.3 Å². The molecule has 11 atom stereocenters. The van der Waals surface area contributed by atoms with E-state index in [9.17, 15) is 15.3 Å². The van der Waals surface area contributed by atoms with Gasteiger partial charge in [-0.15, -0.1) is 0 Å². The molecule has 0 heterocycles. The molecule has 0 amide bonds. The Morgan fingerprint density at radius 3 is 2.39 bits per heavy atom. The van der Waals surface area contributed by atoms with Crippen molar-refractivity contribution in [3.05, 3.63) is 12.2 Å². The van der Waals surface area contributed by atoms with Crippen molar-refractivity contribution in [3.8, 4) is 0 Å². The van der Waals surface area contributed by atoms with Gasteiger partial charge in [-0.1, -0.05) is 46.8 Å². The van der Waals surface area contributed by atoms with Gasteiger partial charge in [-0.2, -0.15) is 0 Å². The van der Waals surface area contributed by atoms with E-state index in [1.807, 2.05) is 0 Å². The van der Waals surface area contributed by atoms with E-state index < -0.39 is 6.10 Å². The van der Waals surface area contributed by atoms with Crippen LogP contribution in [-0.4, -0.2) is 33.6 Å². The molecule has 4 aliphatic rings. The Morgan fingerprint density at radius 1 is 1.00 bits per heavy atom. The highest BCUT2D eigenvalue weighted by Crippen LogP contribution is 2.68. The van der Waals surface area contributed by atoms with Crippen molar-refractivity contribution < 1.29 is 15.3 Å². The number of hydrogen-bond acceptors (Lipinski definition) is 3. The van der Waals surface area contributed by atoms with Gasteiger partial charge in [-0.25, -0.2) is 0 Å². The largest absolute Gasteiger partial charge is 0.393 e. The quantitative estimate of drug-likeness (QED) is 0.497. The summed E-state index contributed by atoms with van der Waals surface area (Å²) < 4.78 is 0. The van der Waals surface area contributed by atoms with E-state index in [4.69, 9.17) is 0 Å². The van der Waals surface area contributed by atoms with E-state index in [-0.39, 0.29) is 29.0 Å². The van der Waals surface area contributed by atoms with Crippen LogP contribution in [0.15, 0.2) is 12.2 Å². The van der Waals surface area contributed by atoms with Crippen molar-refractivity contribution in [2.45, 2.75) is 111 Å². The second-order valence-electron chi connectivity index (χ2n) is 12.9. The van der Waals surface area contributed by atoms with Gasteiger partial charge in [-0.3, -0.25) is 0 Å². The maximum Gasteiger partial charge on any atom is 0.0624 e. The number of aliphatic hydroxyl groups is 3. The number of hydrogen-bond donors (Lipinski definition) is 3. The highest BCUT2D eigenvalue weighted by atomic mass is 16.3. The normalized spacial score (nSPS) is 50.5. The van der Waals surface area contributed by atoms with Gasteiger partial charge in [0.25, 0.3) is 0 Å². The highest BCUT2D eigenvalue weighted by Gasteiger charge is 2.65. The first kappa shape index (κ1) is 23.8. The van der Waals surface area contributed by atoms with Gasteiger partial charge < -0.3 is 15.3 Å². The van der Waals surface area contributed by atoms with Gasteiger partial charge in [0.05, 0.1) is 18.3 Å². The van der Waals surface area contributed by atoms with E-state index in [0.29, 0.717) is 41.9 Å². The van der Waals surface area contributed by atoms with Crippen molar-refractivity contribution in [2.75, 3.05) is 0 Å². The van der Waals surface area contributed by atoms with Crippen LogP contribution in [0.25, 0.3) is 0 Å². The minimum Gasteiger partial charge on any atom is -0.393 e. The third-order valence-corrected chi connectivity index (χ3v) is 11.2. The molecular weight excluding hydrogens is 384 g/mol. The summed E-state index contributed by atoms with van der Waals surface area (Å²) in [5.74, 6) is 3.61. The van der Waals surface area contributed by atoms with Crippen LogP contribution in [0.3, 0.4) is 0 Å². The SMILES string of the molecule is C=C(CC[C@@H](C)[C@H]1CCC2C3CC[C@H]4C[C@@H](O)C[C@H](O)[C@]4(C)C3[C@H](O)C[C@@]21C)C(C)C. The van der Waals surface area contributed by atoms with Crippen molar-refractivity contribution in [2.24, 2.45) is 52.3 Å². The van der Waals surface area contributed by atoms with E-state index in [1.54, 1.807) is 0 Å². The molecule has 0 radical (unpaired) electrons. The van der Waals surface area contributed by atoms with Gasteiger partial charge in [0.15, 0.2) is 0 Å². The van der Waals surface area contributed by atoms with Crippen molar-refractivity contribution in [1.82, 2.24) is 0 Å². The molecule has 0 spiro atoms. The first-order chi connectivity index (χ1) is 14.5. The first-order valence-electron chi connectivity index (χ1n) is 13.2. The minimum absolute atomic E-state index is 0.182. The third-order valence-electron chi connectivity index (χ3n) is 11.2. The molecule has 4 saturated carbocycles. The number of aliphatic hydroxyl groups excluding tert-OH is 3. The molecule has 3 nitrogen and oxygen atoms in total. The summed E-state index contributed by atoms with van der Waals surface area (Å²) in [4.78, 5) is 0. The highest BCUT2D eigenvalue weighted by molar-refractivity contribution is 5.14. The van der Waals surface area contributed by atoms with Crippen molar-refractivity contribution in [3.63, 3.8) is 0 Å². The predicted octanol–water partition coefficient (Wildman–Crippen LogP) is 5.58. The average Bonchev–Trinajstić information content (AvgIpc) is 3.03. The molecule has 178 valence electrons. The van der Waals surface area contributed by atoms with E-state index in [0.717, 1.165) is 32.1 Å². The van der Waals surface area contributed by atoms with Crippen molar-refractivity contribution >= 4 is 0 Å².